The molecule has 1 N–H and O–H groups in total. The molecule has 1 amide bonds. The Bertz CT molecular complexity index is 1070. The number of carbonyl (C=O) groups excluding carboxylic acids is 1. The number of rotatable bonds is 8. The van der Waals surface area contributed by atoms with Crippen molar-refractivity contribution in [2.75, 3.05) is 26.1 Å². The molecule has 0 fully saturated rings. The molecule has 4 rings (SSSR count). The van der Waals surface area contributed by atoms with Crippen LogP contribution in [-0.2, 0) is 24.3 Å². The topological polar surface area (TPSA) is 72.9 Å². The van der Waals surface area contributed by atoms with E-state index in [1.807, 2.05) is 35.7 Å². The Kier molecular flexibility index (Phi) is 6.92. The van der Waals surface area contributed by atoms with Crippen molar-refractivity contribution in [3.05, 3.63) is 64.7 Å². The minimum Gasteiger partial charge on any atom is -0.493 e. The average molecular weight is 454 g/mol. The number of para-hydroxylation sites is 1. The van der Waals surface area contributed by atoms with E-state index < -0.39 is 6.10 Å². The zero-order valence-electron chi connectivity index (χ0n) is 18.5. The smallest absolute Gasteiger partial charge is 0.266 e. The third kappa shape index (κ3) is 5.20. The second-order valence-corrected chi connectivity index (χ2v) is 8.50. The second kappa shape index (κ2) is 10.0. The summed E-state index contributed by atoms with van der Waals surface area (Å²) in [6, 6.07) is 13.4. The van der Waals surface area contributed by atoms with Crippen molar-refractivity contribution in [3.8, 4) is 17.2 Å². The van der Waals surface area contributed by atoms with Gasteiger partial charge in [0.2, 0.25) is 0 Å². The summed E-state index contributed by atoms with van der Waals surface area (Å²) in [6.07, 6.45) is 0.327. The maximum absolute atomic E-state index is 12.5. The number of ether oxygens (including phenoxy) is 3. The van der Waals surface area contributed by atoms with Gasteiger partial charge in [0.1, 0.15) is 5.75 Å². The number of nitrogens with zero attached hydrogens (tertiary/aromatic N) is 2. The Hall–Kier alpha value is -3.10. The number of nitrogens with one attached hydrogen (secondary N) is 1. The van der Waals surface area contributed by atoms with Crippen molar-refractivity contribution in [1.82, 2.24) is 9.88 Å². The Morgan fingerprint density at radius 1 is 1.16 bits per heavy atom. The number of methoxy groups -OCH3 is 2. The predicted molar refractivity (Wildman–Crippen MR) is 125 cm³/mol. The highest BCUT2D eigenvalue weighted by Gasteiger charge is 2.21. The molecule has 8 heteroatoms. The molecule has 1 aliphatic heterocycles. The maximum Gasteiger partial charge on any atom is 0.266 e. The molecule has 32 heavy (non-hydrogen) atoms. The van der Waals surface area contributed by atoms with Crippen molar-refractivity contribution in [3.63, 3.8) is 0 Å². The zero-order valence-corrected chi connectivity index (χ0v) is 19.3. The Balaban J connectivity index is 1.34. The molecule has 2 aromatic carbocycles. The molecule has 168 valence electrons. The lowest BCUT2D eigenvalue weighted by atomic mass is 9.98. The molecule has 0 saturated heterocycles. The molecule has 1 atom stereocenters. The summed E-state index contributed by atoms with van der Waals surface area (Å²) in [6.45, 7) is 4.20. The summed E-state index contributed by atoms with van der Waals surface area (Å²) < 4.78 is 16.5. The third-order valence-electron chi connectivity index (χ3n) is 5.39. The molecule has 0 radical (unpaired) electrons. The maximum atomic E-state index is 12.5. The summed E-state index contributed by atoms with van der Waals surface area (Å²) in [5.74, 6) is 1.96. The van der Waals surface area contributed by atoms with Crippen molar-refractivity contribution < 1.29 is 19.0 Å². The highest BCUT2D eigenvalue weighted by atomic mass is 32.1. The van der Waals surface area contributed by atoms with Crippen LogP contribution >= 0.6 is 11.3 Å². The Morgan fingerprint density at radius 3 is 2.59 bits per heavy atom. The second-order valence-electron chi connectivity index (χ2n) is 7.64. The molecule has 1 aliphatic rings. The van der Waals surface area contributed by atoms with Crippen LogP contribution in [-0.4, -0.2) is 42.7 Å². The number of thiazole rings is 1. The standard InChI is InChI=1S/C24H27N3O4S/c1-16(31-20-7-5-4-6-8-20)23(28)26-24-25-19(15-32-24)14-27-10-9-17-11-21(29-2)22(30-3)12-18(17)13-27/h4-8,11-12,15-16H,9-10,13-14H2,1-3H3,(H,25,26,28). The van der Waals surface area contributed by atoms with Gasteiger partial charge in [-0.3, -0.25) is 15.0 Å². The van der Waals surface area contributed by atoms with Crippen molar-refractivity contribution >= 4 is 22.4 Å². The fourth-order valence-electron chi connectivity index (χ4n) is 3.71. The molecule has 0 spiro atoms. The first kappa shape index (κ1) is 22.1. The van der Waals surface area contributed by atoms with E-state index in [9.17, 15) is 4.79 Å². The van der Waals surface area contributed by atoms with Gasteiger partial charge in [-0.1, -0.05) is 18.2 Å². The molecule has 2 heterocycles. The van der Waals surface area contributed by atoms with Crippen LogP contribution in [0.2, 0.25) is 0 Å². The largest absolute Gasteiger partial charge is 0.493 e. The molecule has 0 bridgehead atoms. The van der Waals surface area contributed by atoms with Crippen LogP contribution in [0.3, 0.4) is 0 Å². The van der Waals surface area contributed by atoms with Crippen LogP contribution in [0.15, 0.2) is 47.8 Å². The monoisotopic (exact) mass is 453 g/mol. The highest BCUT2D eigenvalue weighted by molar-refractivity contribution is 7.13. The molecule has 3 aromatic rings. The number of aromatic nitrogens is 1. The predicted octanol–water partition coefficient (Wildman–Crippen LogP) is 4.12. The lowest BCUT2D eigenvalue weighted by molar-refractivity contribution is -0.122. The fraction of sp³-hybridized carbons (Fsp3) is 0.333. The van der Waals surface area contributed by atoms with Gasteiger partial charge in [0.25, 0.3) is 5.91 Å². The van der Waals surface area contributed by atoms with Gasteiger partial charge < -0.3 is 14.2 Å². The van der Waals surface area contributed by atoms with Gasteiger partial charge in [-0.25, -0.2) is 4.98 Å². The normalized spacial score (nSPS) is 14.3. The zero-order chi connectivity index (χ0) is 22.5. The first-order valence-corrected chi connectivity index (χ1v) is 11.4. The van der Waals surface area contributed by atoms with E-state index in [0.717, 1.165) is 43.2 Å². The summed E-state index contributed by atoms with van der Waals surface area (Å²) in [5, 5.41) is 5.43. The summed E-state index contributed by atoms with van der Waals surface area (Å²) in [5.41, 5.74) is 3.47. The third-order valence-corrected chi connectivity index (χ3v) is 6.20. The van der Waals surface area contributed by atoms with Gasteiger partial charge in [0, 0.05) is 25.0 Å². The van der Waals surface area contributed by atoms with Crippen LogP contribution in [0.1, 0.15) is 23.7 Å². The summed E-state index contributed by atoms with van der Waals surface area (Å²) in [4.78, 5) is 19.4. The van der Waals surface area contributed by atoms with Gasteiger partial charge in [-0.05, 0) is 48.7 Å². The summed E-state index contributed by atoms with van der Waals surface area (Å²) in [7, 11) is 3.31. The molecule has 0 aliphatic carbocycles. The Labute approximate surface area is 191 Å². The van der Waals surface area contributed by atoms with E-state index >= 15 is 0 Å². The molecule has 1 unspecified atom stereocenters. The van der Waals surface area contributed by atoms with Crippen molar-refractivity contribution in [2.45, 2.75) is 32.5 Å². The van der Waals surface area contributed by atoms with Crippen LogP contribution in [0.5, 0.6) is 17.2 Å². The number of amides is 1. The van der Waals surface area contributed by atoms with Gasteiger partial charge in [0.05, 0.1) is 19.9 Å². The van der Waals surface area contributed by atoms with Crippen LogP contribution < -0.4 is 19.5 Å². The van der Waals surface area contributed by atoms with E-state index in [2.05, 4.69) is 27.3 Å². The van der Waals surface area contributed by atoms with E-state index in [1.165, 1.54) is 22.5 Å². The quantitative estimate of drug-likeness (QED) is 0.553. The van der Waals surface area contributed by atoms with Gasteiger partial charge >= 0.3 is 0 Å². The molecule has 7 nitrogen and oxygen atoms in total. The Morgan fingerprint density at radius 2 is 1.88 bits per heavy atom. The first-order chi connectivity index (χ1) is 15.6. The molecular formula is C24H27N3O4S. The number of hydrogen-bond donors (Lipinski definition) is 1. The lowest BCUT2D eigenvalue weighted by Crippen LogP contribution is -2.31. The minimum absolute atomic E-state index is 0.220. The minimum atomic E-state index is -0.615. The van der Waals surface area contributed by atoms with Gasteiger partial charge in [0.15, 0.2) is 22.7 Å². The van der Waals surface area contributed by atoms with Crippen molar-refractivity contribution in [1.29, 1.82) is 0 Å². The number of carbonyl (C=O) groups is 1. The van der Waals surface area contributed by atoms with E-state index in [-0.39, 0.29) is 5.91 Å². The van der Waals surface area contributed by atoms with E-state index in [1.54, 1.807) is 21.1 Å². The first-order valence-electron chi connectivity index (χ1n) is 10.5. The number of hydrogen-bond acceptors (Lipinski definition) is 7. The van der Waals surface area contributed by atoms with Crippen LogP contribution in [0.25, 0.3) is 0 Å². The highest BCUT2D eigenvalue weighted by Crippen LogP contribution is 2.33. The molecule has 1 aromatic heterocycles. The van der Waals surface area contributed by atoms with Gasteiger partial charge in [-0.15, -0.1) is 11.3 Å². The summed E-state index contributed by atoms with van der Waals surface area (Å²) >= 11 is 1.42. The van der Waals surface area contributed by atoms with Gasteiger partial charge in [-0.2, -0.15) is 0 Å². The lowest BCUT2D eigenvalue weighted by Gasteiger charge is -2.29. The van der Waals surface area contributed by atoms with Crippen LogP contribution in [0, 0.1) is 0 Å². The van der Waals surface area contributed by atoms with Crippen LogP contribution in [0.4, 0.5) is 5.13 Å². The molecular weight excluding hydrogens is 426 g/mol. The fourth-order valence-corrected chi connectivity index (χ4v) is 4.41. The van der Waals surface area contributed by atoms with E-state index in [0.29, 0.717) is 10.9 Å². The molecule has 0 saturated carbocycles. The van der Waals surface area contributed by atoms with Crippen molar-refractivity contribution in [2.24, 2.45) is 0 Å². The SMILES string of the molecule is COc1cc2c(cc1OC)CN(Cc1csc(NC(=O)C(C)Oc3ccccc3)n1)CC2. The number of benzene rings is 2. The number of anilines is 1. The number of fused-ring (bicyclic) bond motifs is 1. The van der Waals surface area contributed by atoms with E-state index in [4.69, 9.17) is 14.2 Å². The average Bonchev–Trinajstić information content (AvgIpc) is 3.25.